The average molecular weight is 341 g/mol. The molecule has 98 valence electrons. The van der Waals surface area contributed by atoms with Gasteiger partial charge in [0.1, 0.15) is 6.04 Å². The third kappa shape index (κ3) is 3.53. The highest BCUT2D eigenvalue weighted by molar-refractivity contribution is 9.10. The van der Waals surface area contributed by atoms with Crippen LogP contribution in [0.3, 0.4) is 0 Å². The molecule has 0 fully saturated rings. The van der Waals surface area contributed by atoms with Crippen LogP contribution in [0.4, 0.5) is 22.0 Å². The average Bonchev–Trinajstić information content (AvgIpc) is 2.16. The molecule has 1 rings (SSSR count). The van der Waals surface area contributed by atoms with E-state index < -0.39 is 18.1 Å². The Morgan fingerprint density at radius 3 is 1.76 bits per heavy atom. The van der Waals surface area contributed by atoms with Crippen molar-refractivity contribution in [3.8, 4) is 0 Å². The first-order valence-electron chi connectivity index (χ1n) is 4.12. The lowest BCUT2D eigenvalue weighted by molar-refractivity contribution is -0.291. The summed E-state index contributed by atoms with van der Waals surface area (Å²) in [6.07, 6.45) is -5.65. The van der Waals surface area contributed by atoms with Gasteiger partial charge in [-0.05, 0) is 17.7 Å². The predicted octanol–water partition coefficient (Wildman–Crippen LogP) is 4.07. The van der Waals surface area contributed by atoms with E-state index in [1.165, 1.54) is 12.1 Å². The van der Waals surface area contributed by atoms with E-state index in [4.69, 9.17) is 5.73 Å². The van der Waals surface area contributed by atoms with Gasteiger partial charge in [0.15, 0.2) is 0 Å². The molecule has 1 nitrogen and oxygen atoms in total. The number of alkyl halides is 5. The van der Waals surface area contributed by atoms with Crippen LogP contribution in [0.2, 0.25) is 0 Å². The maximum Gasteiger partial charge on any atom is 0.455 e. The highest BCUT2D eigenvalue weighted by Crippen LogP contribution is 2.43. The Bertz CT molecular complexity index is 365. The number of rotatable bonds is 2. The van der Waals surface area contributed by atoms with E-state index in [1.54, 1.807) is 0 Å². The van der Waals surface area contributed by atoms with Crippen LogP contribution in [0.15, 0.2) is 28.7 Å². The van der Waals surface area contributed by atoms with E-state index >= 15 is 0 Å². The van der Waals surface area contributed by atoms with Crippen molar-refractivity contribution in [1.29, 1.82) is 0 Å². The monoisotopic (exact) mass is 339 g/mol. The summed E-state index contributed by atoms with van der Waals surface area (Å²) in [4.78, 5) is 0. The molecule has 0 unspecified atom stereocenters. The van der Waals surface area contributed by atoms with Crippen LogP contribution in [0.25, 0.3) is 0 Å². The largest absolute Gasteiger partial charge is 0.455 e. The minimum absolute atomic E-state index is 0. The zero-order chi connectivity index (χ0) is 12.6. The van der Waals surface area contributed by atoms with Gasteiger partial charge in [-0.25, -0.2) is 0 Å². The van der Waals surface area contributed by atoms with Gasteiger partial charge in [-0.1, -0.05) is 28.1 Å². The molecule has 0 aliphatic carbocycles. The lowest BCUT2D eigenvalue weighted by Crippen LogP contribution is -2.45. The first-order chi connectivity index (χ1) is 7.16. The number of hydrogen-bond donors (Lipinski definition) is 1. The number of halogens is 7. The first-order valence-corrected chi connectivity index (χ1v) is 4.91. The van der Waals surface area contributed by atoms with Crippen molar-refractivity contribution in [3.05, 3.63) is 34.3 Å². The van der Waals surface area contributed by atoms with E-state index in [-0.39, 0.29) is 18.0 Å². The fraction of sp³-hybridized carbons (Fsp3) is 0.333. The summed E-state index contributed by atoms with van der Waals surface area (Å²) in [7, 11) is 0. The van der Waals surface area contributed by atoms with Crippen molar-refractivity contribution in [1.82, 2.24) is 0 Å². The zero-order valence-corrected chi connectivity index (χ0v) is 10.5. The quantitative estimate of drug-likeness (QED) is 0.807. The van der Waals surface area contributed by atoms with Crippen molar-refractivity contribution in [2.45, 2.75) is 18.1 Å². The van der Waals surface area contributed by atoms with Crippen LogP contribution < -0.4 is 5.73 Å². The second-order valence-corrected chi connectivity index (χ2v) is 4.07. The molecule has 0 heterocycles. The Morgan fingerprint density at radius 1 is 1.00 bits per heavy atom. The van der Waals surface area contributed by atoms with Crippen LogP contribution in [0.1, 0.15) is 11.6 Å². The highest BCUT2D eigenvalue weighted by Gasteiger charge is 2.61. The summed E-state index contributed by atoms with van der Waals surface area (Å²) in [5, 5.41) is 0. The SMILES string of the molecule is Cl.N[C@@H](c1ccc(Br)cc1)C(F)(F)C(F)(F)F. The Morgan fingerprint density at radius 2 is 1.41 bits per heavy atom. The Balaban J connectivity index is 0.00000256. The van der Waals surface area contributed by atoms with Crippen molar-refractivity contribution >= 4 is 28.3 Å². The lowest BCUT2D eigenvalue weighted by atomic mass is 10.0. The zero-order valence-electron chi connectivity index (χ0n) is 8.14. The van der Waals surface area contributed by atoms with Gasteiger partial charge in [-0.15, -0.1) is 12.4 Å². The van der Waals surface area contributed by atoms with Gasteiger partial charge in [-0.2, -0.15) is 22.0 Å². The predicted molar refractivity (Wildman–Crippen MR) is 59.3 cm³/mol. The van der Waals surface area contributed by atoms with Gasteiger partial charge in [0, 0.05) is 4.47 Å². The molecule has 1 atom stereocenters. The van der Waals surface area contributed by atoms with E-state index in [9.17, 15) is 22.0 Å². The van der Waals surface area contributed by atoms with Gasteiger partial charge < -0.3 is 5.73 Å². The molecule has 17 heavy (non-hydrogen) atoms. The second kappa shape index (κ2) is 5.49. The fourth-order valence-electron chi connectivity index (χ4n) is 1.06. The van der Waals surface area contributed by atoms with E-state index in [2.05, 4.69) is 15.9 Å². The molecule has 0 radical (unpaired) electrons. The molecule has 0 saturated carbocycles. The molecule has 0 spiro atoms. The van der Waals surface area contributed by atoms with Gasteiger partial charge >= 0.3 is 12.1 Å². The number of benzene rings is 1. The van der Waals surface area contributed by atoms with Crippen molar-refractivity contribution in [2.24, 2.45) is 5.73 Å². The molecular formula is C9H8BrClF5N. The van der Waals surface area contributed by atoms with Gasteiger partial charge in [-0.3, -0.25) is 0 Å². The van der Waals surface area contributed by atoms with Crippen LogP contribution in [-0.2, 0) is 0 Å². The molecule has 1 aromatic carbocycles. The van der Waals surface area contributed by atoms with Crippen LogP contribution in [0.5, 0.6) is 0 Å². The van der Waals surface area contributed by atoms with Gasteiger partial charge in [0.25, 0.3) is 0 Å². The molecule has 2 N–H and O–H groups in total. The smallest absolute Gasteiger partial charge is 0.319 e. The van der Waals surface area contributed by atoms with Gasteiger partial charge in [0.2, 0.25) is 0 Å². The van der Waals surface area contributed by atoms with Crippen LogP contribution in [-0.4, -0.2) is 12.1 Å². The summed E-state index contributed by atoms with van der Waals surface area (Å²) in [5.74, 6) is -4.94. The Hall–Kier alpha value is -0.400. The van der Waals surface area contributed by atoms with Crippen LogP contribution in [0, 0.1) is 0 Å². The van der Waals surface area contributed by atoms with Gasteiger partial charge in [0.05, 0.1) is 0 Å². The molecule has 8 heteroatoms. The topological polar surface area (TPSA) is 26.0 Å². The summed E-state index contributed by atoms with van der Waals surface area (Å²) >= 11 is 3.03. The third-order valence-corrected chi connectivity index (χ3v) is 2.53. The summed E-state index contributed by atoms with van der Waals surface area (Å²) in [6.45, 7) is 0. The maximum atomic E-state index is 12.8. The van der Waals surface area contributed by atoms with Crippen molar-refractivity contribution < 1.29 is 22.0 Å². The van der Waals surface area contributed by atoms with Crippen molar-refractivity contribution in [2.75, 3.05) is 0 Å². The Kier molecular flexibility index (Phi) is 5.37. The highest BCUT2D eigenvalue weighted by atomic mass is 79.9. The van der Waals surface area contributed by atoms with E-state index in [1.807, 2.05) is 0 Å². The van der Waals surface area contributed by atoms with E-state index in [0.29, 0.717) is 4.47 Å². The number of nitrogens with two attached hydrogens (primary N) is 1. The van der Waals surface area contributed by atoms with Crippen LogP contribution >= 0.6 is 28.3 Å². The standard InChI is InChI=1S/C9H7BrF5N.ClH/c10-6-3-1-5(2-4-6)7(16)8(11,12)9(13,14)15;/h1-4,7H,16H2;1H/t7-;/m0./s1. The first kappa shape index (κ1) is 16.6. The lowest BCUT2D eigenvalue weighted by Gasteiger charge is -2.25. The molecule has 0 amide bonds. The molecule has 0 saturated heterocycles. The molecule has 0 bridgehead atoms. The fourth-order valence-corrected chi connectivity index (χ4v) is 1.32. The summed E-state index contributed by atoms with van der Waals surface area (Å²) in [5.41, 5.74) is 4.65. The van der Waals surface area contributed by atoms with E-state index in [0.717, 1.165) is 12.1 Å². The second-order valence-electron chi connectivity index (χ2n) is 3.15. The number of hydrogen-bond acceptors (Lipinski definition) is 1. The molecule has 1 aromatic rings. The molecule has 0 aliphatic rings. The molecule has 0 aromatic heterocycles. The summed E-state index contributed by atoms with van der Waals surface area (Å²) in [6, 6.07) is 2.53. The third-order valence-electron chi connectivity index (χ3n) is 2.00. The summed E-state index contributed by atoms with van der Waals surface area (Å²) < 4.78 is 62.3. The minimum atomic E-state index is -5.65. The molecule has 0 aliphatic heterocycles. The van der Waals surface area contributed by atoms with Crippen molar-refractivity contribution in [3.63, 3.8) is 0 Å². The minimum Gasteiger partial charge on any atom is -0.319 e. The molecular weight excluding hydrogens is 332 g/mol. The maximum absolute atomic E-state index is 12.8. The Labute approximate surface area is 109 Å². The normalized spacial score (nSPS) is 14.1.